The zero-order valence-electron chi connectivity index (χ0n) is 9.28. The Morgan fingerprint density at radius 2 is 1.83 bits per heavy atom. The Hall–Kier alpha value is -1.63. The maximum Gasteiger partial charge on any atom is 0.323 e. The highest BCUT2D eigenvalue weighted by molar-refractivity contribution is 14.1. The summed E-state index contributed by atoms with van der Waals surface area (Å²) in [5.74, 6) is -0.463. The average molecular weight is 356 g/mol. The van der Waals surface area contributed by atoms with Gasteiger partial charge in [0.25, 0.3) is 0 Å². The van der Waals surface area contributed by atoms with Crippen LogP contribution in [0, 0.1) is 9.39 Å². The summed E-state index contributed by atoms with van der Waals surface area (Å²) in [6.07, 6.45) is 0. The van der Waals surface area contributed by atoms with Crippen LogP contribution in [0.15, 0.2) is 48.5 Å². The third kappa shape index (κ3) is 3.43. The van der Waals surface area contributed by atoms with Crippen LogP contribution in [0.1, 0.15) is 0 Å². The molecule has 2 amide bonds. The predicted octanol–water partition coefficient (Wildman–Crippen LogP) is 4.07. The standard InChI is InChI=1S/C13H10FIN2O/c14-11-6-1-2-7-12(11)17-13(18)16-10-5-3-4-9(15)8-10/h1-8H,(H2,16,17,18). The minimum absolute atomic E-state index is 0.153. The summed E-state index contributed by atoms with van der Waals surface area (Å²) in [4.78, 5) is 11.7. The Balaban J connectivity index is 2.03. The molecule has 0 bridgehead atoms. The molecule has 0 radical (unpaired) electrons. The summed E-state index contributed by atoms with van der Waals surface area (Å²) >= 11 is 2.15. The number of nitrogens with one attached hydrogen (secondary N) is 2. The van der Waals surface area contributed by atoms with Crippen molar-refractivity contribution in [1.82, 2.24) is 0 Å². The van der Waals surface area contributed by atoms with Gasteiger partial charge in [-0.3, -0.25) is 0 Å². The predicted molar refractivity (Wildman–Crippen MR) is 78.2 cm³/mol. The zero-order chi connectivity index (χ0) is 13.0. The number of hydrogen-bond acceptors (Lipinski definition) is 1. The van der Waals surface area contributed by atoms with Gasteiger partial charge in [-0.2, -0.15) is 0 Å². The molecule has 0 aliphatic heterocycles. The molecule has 0 fully saturated rings. The van der Waals surface area contributed by atoms with Crippen LogP contribution in [0.5, 0.6) is 0 Å². The zero-order valence-corrected chi connectivity index (χ0v) is 11.4. The highest BCUT2D eigenvalue weighted by Gasteiger charge is 2.06. The molecule has 0 spiro atoms. The number of anilines is 2. The highest BCUT2D eigenvalue weighted by Crippen LogP contribution is 2.15. The van der Waals surface area contributed by atoms with Crippen molar-refractivity contribution in [2.75, 3.05) is 10.6 Å². The van der Waals surface area contributed by atoms with E-state index in [1.807, 2.05) is 18.2 Å². The molecular formula is C13H10FIN2O. The molecule has 0 saturated heterocycles. The SMILES string of the molecule is O=C(Nc1cccc(I)c1)Nc1ccccc1F. The summed E-state index contributed by atoms with van der Waals surface area (Å²) in [5, 5.41) is 5.09. The lowest BCUT2D eigenvalue weighted by molar-refractivity contribution is 0.262. The van der Waals surface area contributed by atoms with E-state index < -0.39 is 11.8 Å². The summed E-state index contributed by atoms with van der Waals surface area (Å²) in [6.45, 7) is 0. The Morgan fingerprint density at radius 1 is 1.06 bits per heavy atom. The van der Waals surface area contributed by atoms with E-state index in [2.05, 4.69) is 33.2 Å². The van der Waals surface area contributed by atoms with Crippen molar-refractivity contribution < 1.29 is 9.18 Å². The molecule has 92 valence electrons. The van der Waals surface area contributed by atoms with Crippen LogP contribution < -0.4 is 10.6 Å². The first-order valence-corrected chi connectivity index (χ1v) is 6.31. The largest absolute Gasteiger partial charge is 0.323 e. The lowest BCUT2D eigenvalue weighted by atomic mass is 10.3. The smallest absolute Gasteiger partial charge is 0.308 e. The third-order valence-corrected chi connectivity index (χ3v) is 2.88. The van der Waals surface area contributed by atoms with Crippen molar-refractivity contribution in [3.05, 3.63) is 57.9 Å². The third-order valence-electron chi connectivity index (χ3n) is 2.20. The first-order valence-electron chi connectivity index (χ1n) is 5.23. The van der Waals surface area contributed by atoms with Crippen molar-refractivity contribution in [3.8, 4) is 0 Å². The first kappa shape index (κ1) is 12.8. The number of rotatable bonds is 2. The highest BCUT2D eigenvalue weighted by atomic mass is 127. The second-order valence-electron chi connectivity index (χ2n) is 3.57. The maximum atomic E-state index is 13.3. The Bertz CT molecular complexity index is 574. The van der Waals surface area contributed by atoms with E-state index in [0.29, 0.717) is 5.69 Å². The fourth-order valence-electron chi connectivity index (χ4n) is 1.41. The molecule has 0 aromatic heterocycles. The number of urea groups is 1. The number of hydrogen-bond donors (Lipinski definition) is 2. The van der Waals surface area contributed by atoms with Crippen LogP contribution in [0.2, 0.25) is 0 Å². The molecule has 0 unspecified atom stereocenters. The second-order valence-corrected chi connectivity index (χ2v) is 4.81. The lowest BCUT2D eigenvalue weighted by Crippen LogP contribution is -2.20. The first-order chi connectivity index (χ1) is 8.65. The van der Waals surface area contributed by atoms with E-state index in [-0.39, 0.29) is 5.69 Å². The van der Waals surface area contributed by atoms with Crippen molar-refractivity contribution in [1.29, 1.82) is 0 Å². The van der Waals surface area contributed by atoms with Crippen LogP contribution in [0.3, 0.4) is 0 Å². The molecular weight excluding hydrogens is 346 g/mol. The van der Waals surface area contributed by atoms with Gasteiger partial charge in [-0.1, -0.05) is 18.2 Å². The molecule has 0 atom stereocenters. The van der Waals surface area contributed by atoms with E-state index in [1.165, 1.54) is 12.1 Å². The molecule has 2 aromatic carbocycles. The van der Waals surface area contributed by atoms with Crippen LogP contribution in [-0.2, 0) is 0 Å². The van der Waals surface area contributed by atoms with Gasteiger partial charge in [0.15, 0.2) is 0 Å². The molecule has 0 aliphatic rings. The maximum absolute atomic E-state index is 13.3. The quantitative estimate of drug-likeness (QED) is 0.783. The average Bonchev–Trinajstić information content (AvgIpc) is 2.32. The fraction of sp³-hybridized carbons (Fsp3) is 0. The van der Waals surface area contributed by atoms with Gasteiger partial charge in [-0.05, 0) is 52.9 Å². The molecule has 0 aliphatic carbocycles. The number of halogens is 2. The Morgan fingerprint density at radius 3 is 2.56 bits per heavy atom. The van der Waals surface area contributed by atoms with Gasteiger partial charge < -0.3 is 10.6 Å². The number of benzene rings is 2. The molecule has 18 heavy (non-hydrogen) atoms. The van der Waals surface area contributed by atoms with Crippen molar-refractivity contribution in [2.45, 2.75) is 0 Å². The number of carbonyl (C=O) groups excluding carboxylic acids is 1. The van der Waals surface area contributed by atoms with Crippen LogP contribution in [-0.4, -0.2) is 6.03 Å². The number of carbonyl (C=O) groups is 1. The number of para-hydroxylation sites is 1. The monoisotopic (exact) mass is 356 g/mol. The molecule has 0 saturated carbocycles. The van der Waals surface area contributed by atoms with Crippen LogP contribution in [0.25, 0.3) is 0 Å². The normalized spacial score (nSPS) is 9.89. The van der Waals surface area contributed by atoms with E-state index in [0.717, 1.165) is 3.57 Å². The summed E-state index contributed by atoms with van der Waals surface area (Å²) in [6, 6.07) is 12.9. The van der Waals surface area contributed by atoms with Gasteiger partial charge in [0.2, 0.25) is 0 Å². The Labute approximate surface area is 118 Å². The van der Waals surface area contributed by atoms with Gasteiger partial charge in [0.1, 0.15) is 5.82 Å². The van der Waals surface area contributed by atoms with E-state index in [4.69, 9.17) is 0 Å². The van der Waals surface area contributed by atoms with Crippen molar-refractivity contribution >= 4 is 40.0 Å². The molecule has 3 nitrogen and oxygen atoms in total. The summed E-state index contributed by atoms with van der Waals surface area (Å²) < 4.78 is 14.3. The second kappa shape index (κ2) is 5.81. The van der Waals surface area contributed by atoms with E-state index >= 15 is 0 Å². The summed E-state index contributed by atoms with van der Waals surface area (Å²) in [5.41, 5.74) is 0.816. The van der Waals surface area contributed by atoms with Crippen molar-refractivity contribution in [3.63, 3.8) is 0 Å². The topological polar surface area (TPSA) is 41.1 Å². The Kier molecular flexibility index (Phi) is 4.14. The molecule has 2 aromatic rings. The van der Waals surface area contributed by atoms with Crippen molar-refractivity contribution in [2.24, 2.45) is 0 Å². The van der Waals surface area contributed by atoms with Gasteiger partial charge >= 0.3 is 6.03 Å². The van der Waals surface area contributed by atoms with E-state index in [1.54, 1.807) is 18.2 Å². The van der Waals surface area contributed by atoms with Crippen LogP contribution >= 0.6 is 22.6 Å². The lowest BCUT2D eigenvalue weighted by Gasteiger charge is -2.08. The fourth-order valence-corrected chi connectivity index (χ4v) is 1.96. The van der Waals surface area contributed by atoms with Gasteiger partial charge in [-0.15, -0.1) is 0 Å². The molecule has 2 N–H and O–H groups in total. The molecule has 2 rings (SSSR count). The van der Waals surface area contributed by atoms with Gasteiger partial charge in [0, 0.05) is 9.26 Å². The minimum atomic E-state index is -0.470. The van der Waals surface area contributed by atoms with E-state index in [9.17, 15) is 9.18 Å². The summed E-state index contributed by atoms with van der Waals surface area (Å²) in [7, 11) is 0. The number of amides is 2. The van der Waals surface area contributed by atoms with Gasteiger partial charge in [0.05, 0.1) is 5.69 Å². The molecule has 0 heterocycles. The van der Waals surface area contributed by atoms with Crippen LogP contribution in [0.4, 0.5) is 20.6 Å². The minimum Gasteiger partial charge on any atom is -0.308 e. The van der Waals surface area contributed by atoms with Gasteiger partial charge in [-0.25, -0.2) is 9.18 Å². The molecule has 5 heteroatoms.